The average Bonchev–Trinajstić information content (AvgIpc) is 4.00. The summed E-state index contributed by atoms with van der Waals surface area (Å²) in [7, 11) is 0. The molecule has 4 nitrogen and oxygen atoms in total. The number of fused-ring (bicyclic) bond motifs is 7. The number of pyridine rings is 1. The number of hydrogen-bond acceptors (Lipinski definition) is 3. The maximum atomic E-state index is 8.73. The first-order valence-corrected chi connectivity index (χ1v) is 24.6. The number of benzene rings is 9. The monoisotopic (exact) mass is 1120 g/mol. The molecule has 3 aromatic heterocycles. The Morgan fingerprint density at radius 1 is 0.583 bits per heavy atom. The number of furan rings is 1. The minimum absolute atomic E-state index is 0. The summed E-state index contributed by atoms with van der Waals surface area (Å²) in [5, 5.41) is 6.57. The summed E-state index contributed by atoms with van der Waals surface area (Å²) in [6.07, 6.45) is 1.87. The van der Waals surface area contributed by atoms with Gasteiger partial charge in [-0.3, -0.25) is 4.98 Å². The number of nitrogens with zero attached hydrogens (tertiary/aromatic N) is 3. The van der Waals surface area contributed by atoms with Gasteiger partial charge in [-0.15, -0.1) is 54.1 Å². The zero-order valence-electron chi connectivity index (χ0n) is 44.6. The Morgan fingerprint density at radius 3 is 1.99 bits per heavy atom. The average molecular weight is 1120 g/mol. The number of aryl methyl sites for hydroxylation is 1. The fraction of sp³-hybridized carbons (Fsp3) is 0.164. The summed E-state index contributed by atoms with van der Waals surface area (Å²) in [4.78, 5) is 9.68. The second kappa shape index (κ2) is 19.6. The van der Waals surface area contributed by atoms with Crippen LogP contribution >= 0.6 is 0 Å². The van der Waals surface area contributed by atoms with Crippen molar-refractivity contribution in [2.24, 2.45) is 0 Å². The van der Waals surface area contributed by atoms with Crippen LogP contribution in [0.4, 0.5) is 0 Å². The largest absolute Gasteiger partial charge is 0.501 e. The molecule has 0 aliphatic rings. The fourth-order valence-corrected chi connectivity index (χ4v) is 9.99. The standard InChI is InChI=1S/C52H41N2O.C15H16N.Ir/c1-31(2)43-28-39(36-23-21-35(22-24-36)34-14-7-6-8-15-34)29-44(32(3)4)50(43)54-49-33(5)13-11-20-47(49)53-52(54)42-19-12-18-41-46-27-38-26-25-37-16-9-10-17-40(37)45(38)30-48(46)55-51(41)42;1-15(2,3)13-9-10-16-14(11-13)12-7-5-4-6-8-12;/h6-18,20-32H,1-5H3;4-7,9-11H,1-3H3;/q2*-1;/i5D3;;. The summed E-state index contributed by atoms with van der Waals surface area (Å²) >= 11 is 0. The van der Waals surface area contributed by atoms with Gasteiger partial charge in [0.25, 0.3) is 0 Å². The van der Waals surface area contributed by atoms with Gasteiger partial charge in [0, 0.05) is 41.5 Å². The molecule has 0 amide bonds. The van der Waals surface area contributed by atoms with E-state index in [0.29, 0.717) is 28.0 Å². The second-order valence-electron chi connectivity index (χ2n) is 20.2. The number of para-hydroxylation sites is 1. The van der Waals surface area contributed by atoms with Gasteiger partial charge < -0.3 is 14.0 Å². The van der Waals surface area contributed by atoms with E-state index in [0.717, 1.165) is 66.3 Å². The van der Waals surface area contributed by atoms with Crippen LogP contribution in [0.5, 0.6) is 0 Å². The molecule has 0 saturated carbocycles. The van der Waals surface area contributed by atoms with E-state index >= 15 is 0 Å². The van der Waals surface area contributed by atoms with Gasteiger partial charge >= 0.3 is 0 Å². The van der Waals surface area contributed by atoms with Crippen LogP contribution in [0.2, 0.25) is 0 Å². The SMILES string of the molecule is CC(C)(C)c1ccnc(-c2[c-]cccc2)c1.[2H]C([2H])([2H])c1cccc2nc(-c3[c-]ccc4c3oc3cc5c(ccc6ccccc65)cc34)n(-c3c(C(C)C)cc(-c4ccc(-c5ccccc5)cc4)cc3C(C)C)c12.[Ir]. The van der Waals surface area contributed by atoms with Gasteiger partial charge in [-0.2, -0.15) is 0 Å². The molecule has 0 aliphatic carbocycles. The van der Waals surface area contributed by atoms with Crippen molar-refractivity contribution in [3.63, 3.8) is 0 Å². The molecule has 0 atom stereocenters. The molecule has 3 heterocycles. The van der Waals surface area contributed by atoms with Crippen molar-refractivity contribution in [2.75, 3.05) is 0 Å². The summed E-state index contributed by atoms with van der Waals surface area (Å²) in [5.74, 6) is 0.777. The molecule has 5 heteroatoms. The van der Waals surface area contributed by atoms with Crippen LogP contribution in [0.3, 0.4) is 0 Å². The third-order valence-corrected chi connectivity index (χ3v) is 13.8. The maximum Gasteiger partial charge on any atom is 0.121 e. The zero-order chi connectivity index (χ0) is 51.5. The van der Waals surface area contributed by atoms with E-state index in [9.17, 15) is 0 Å². The predicted molar refractivity (Wildman–Crippen MR) is 299 cm³/mol. The van der Waals surface area contributed by atoms with Gasteiger partial charge in [0.1, 0.15) is 5.58 Å². The summed E-state index contributed by atoms with van der Waals surface area (Å²) in [6.45, 7) is 13.1. The van der Waals surface area contributed by atoms with Crippen molar-refractivity contribution >= 4 is 54.5 Å². The molecule has 0 spiro atoms. The van der Waals surface area contributed by atoms with E-state index in [1.807, 2.05) is 48.7 Å². The van der Waals surface area contributed by atoms with E-state index < -0.39 is 6.85 Å². The first kappa shape index (κ1) is 44.5. The minimum atomic E-state index is -2.39. The molecule has 12 rings (SSSR count). The van der Waals surface area contributed by atoms with Crippen LogP contribution in [0.1, 0.15) is 86.7 Å². The number of rotatable bonds is 7. The summed E-state index contributed by atoms with van der Waals surface area (Å²) in [6, 6.07) is 69.1. The molecule has 0 N–H and O–H groups in total. The smallest absolute Gasteiger partial charge is 0.121 e. The van der Waals surface area contributed by atoms with Gasteiger partial charge in [0.05, 0.1) is 22.4 Å². The van der Waals surface area contributed by atoms with Crippen LogP contribution in [0.15, 0.2) is 193 Å². The Balaban J connectivity index is 0.000000323. The molecule has 357 valence electrons. The molecule has 9 aromatic carbocycles. The Morgan fingerprint density at radius 2 is 1.28 bits per heavy atom. The zero-order valence-corrected chi connectivity index (χ0v) is 44.0. The quantitative estimate of drug-likeness (QED) is 0.118. The van der Waals surface area contributed by atoms with Crippen molar-refractivity contribution in [3.05, 3.63) is 223 Å². The van der Waals surface area contributed by atoms with E-state index in [-0.39, 0.29) is 42.9 Å². The topological polar surface area (TPSA) is 43.9 Å². The first-order chi connectivity index (χ1) is 35.6. The molecule has 72 heavy (non-hydrogen) atoms. The molecule has 0 bridgehead atoms. The van der Waals surface area contributed by atoms with Crippen molar-refractivity contribution in [3.8, 4) is 50.6 Å². The van der Waals surface area contributed by atoms with Crippen LogP contribution in [0.25, 0.3) is 105 Å². The van der Waals surface area contributed by atoms with Crippen LogP contribution in [-0.2, 0) is 25.5 Å². The number of imidazole rings is 1. The van der Waals surface area contributed by atoms with E-state index in [1.54, 1.807) is 12.1 Å². The Hall–Kier alpha value is -7.43. The Labute approximate surface area is 441 Å². The molecule has 0 aliphatic heterocycles. The van der Waals surface area contributed by atoms with Crippen molar-refractivity contribution in [2.45, 2.75) is 72.6 Å². The normalized spacial score (nSPS) is 12.5. The Bertz CT molecular complexity index is 4010. The van der Waals surface area contributed by atoms with Gasteiger partial charge in [-0.25, -0.2) is 0 Å². The fourth-order valence-electron chi connectivity index (χ4n) is 9.99. The molecular weight excluding hydrogens is 1050 g/mol. The van der Waals surface area contributed by atoms with Gasteiger partial charge in [0.15, 0.2) is 0 Å². The third-order valence-electron chi connectivity index (χ3n) is 13.8. The molecule has 1 radical (unpaired) electrons. The van der Waals surface area contributed by atoms with Crippen LogP contribution in [0, 0.1) is 19.0 Å². The number of hydrogen-bond donors (Lipinski definition) is 0. The second-order valence-corrected chi connectivity index (χ2v) is 20.2. The van der Waals surface area contributed by atoms with E-state index in [2.05, 4.69) is 198 Å². The predicted octanol–water partition coefficient (Wildman–Crippen LogP) is 18.4. The van der Waals surface area contributed by atoms with Crippen LogP contribution < -0.4 is 0 Å². The minimum Gasteiger partial charge on any atom is -0.501 e. The van der Waals surface area contributed by atoms with Crippen molar-refractivity contribution in [1.82, 2.24) is 14.5 Å². The third kappa shape index (κ3) is 8.97. The molecule has 12 aromatic rings. The molecule has 0 saturated heterocycles. The molecule has 0 fully saturated rings. The number of aromatic nitrogens is 3. The molecular formula is C67H57IrN3O-2. The summed E-state index contributed by atoms with van der Waals surface area (Å²) < 4.78 is 35.1. The van der Waals surface area contributed by atoms with E-state index in [1.165, 1.54) is 27.5 Å². The van der Waals surface area contributed by atoms with Gasteiger partial charge in [0.2, 0.25) is 0 Å². The Kier molecular flexibility index (Phi) is 12.1. The van der Waals surface area contributed by atoms with Gasteiger partial charge in [-0.1, -0.05) is 169 Å². The maximum absolute atomic E-state index is 8.73. The van der Waals surface area contributed by atoms with Crippen molar-refractivity contribution < 1.29 is 28.6 Å². The van der Waals surface area contributed by atoms with Crippen LogP contribution in [-0.4, -0.2) is 14.5 Å². The molecule has 0 unspecified atom stereocenters. The first-order valence-electron chi connectivity index (χ1n) is 26.1. The van der Waals surface area contributed by atoms with Gasteiger partial charge in [-0.05, 0) is 132 Å². The summed E-state index contributed by atoms with van der Waals surface area (Å²) in [5.41, 5.74) is 14.8. The van der Waals surface area contributed by atoms with E-state index in [4.69, 9.17) is 13.5 Å². The van der Waals surface area contributed by atoms with Crippen molar-refractivity contribution in [1.29, 1.82) is 0 Å².